The number of halogens is 4. The van der Waals surface area contributed by atoms with E-state index in [9.17, 15) is 24.6 Å². The molecular weight excluding hydrogens is 462 g/mol. The minimum absolute atomic E-state index is 0.0764. The first kappa shape index (κ1) is 23.4. The highest BCUT2D eigenvalue weighted by atomic mass is 35.5. The third-order valence-electron chi connectivity index (χ3n) is 3.08. The molecule has 9 nitrogen and oxygen atoms in total. The van der Waals surface area contributed by atoms with Crippen LogP contribution in [0.15, 0.2) is 12.1 Å². The van der Waals surface area contributed by atoms with Gasteiger partial charge in [-0.25, -0.2) is 9.59 Å². The van der Waals surface area contributed by atoms with Crippen LogP contribution < -0.4 is 11.1 Å². The van der Waals surface area contributed by atoms with Crippen molar-refractivity contribution in [2.24, 2.45) is 0 Å². The fourth-order valence-corrected chi connectivity index (χ4v) is 2.96. The van der Waals surface area contributed by atoms with E-state index >= 15 is 0 Å². The number of rotatable bonds is 4. The number of benzene rings is 2. The summed E-state index contributed by atoms with van der Waals surface area (Å²) in [6.45, 7) is 0. The number of carbonyl (C=O) groups is 3. The van der Waals surface area contributed by atoms with Crippen molar-refractivity contribution in [2.75, 3.05) is 11.1 Å². The number of hydrogen-bond donors (Lipinski definition) is 6. The van der Waals surface area contributed by atoms with Crippen LogP contribution in [0.4, 0.5) is 11.4 Å². The van der Waals surface area contributed by atoms with E-state index in [0.29, 0.717) is 0 Å². The predicted molar refractivity (Wildman–Crippen MR) is 104 cm³/mol. The van der Waals surface area contributed by atoms with Gasteiger partial charge >= 0.3 is 11.9 Å². The molecule has 2 aromatic rings. The fourth-order valence-electron chi connectivity index (χ4n) is 1.86. The maximum absolute atomic E-state index is 10.8. The number of aromatic hydroxyl groups is 2. The van der Waals surface area contributed by atoms with E-state index in [-0.39, 0.29) is 43.4 Å². The van der Waals surface area contributed by atoms with Gasteiger partial charge in [-0.1, -0.05) is 46.4 Å². The van der Waals surface area contributed by atoms with Gasteiger partial charge in [0, 0.05) is 0 Å². The summed E-state index contributed by atoms with van der Waals surface area (Å²) < 4.78 is 0. The smallest absolute Gasteiger partial charge is 0.339 e. The number of anilines is 2. The Kier molecular flexibility index (Phi) is 8.01. The van der Waals surface area contributed by atoms with Gasteiger partial charge in [0.25, 0.3) is 0 Å². The first-order chi connectivity index (χ1) is 12.9. The number of carboxylic acid groups (broad SMARTS) is 2. The van der Waals surface area contributed by atoms with Crippen LogP contribution in [0.1, 0.15) is 20.7 Å². The van der Waals surface area contributed by atoms with Crippen molar-refractivity contribution in [1.82, 2.24) is 0 Å². The summed E-state index contributed by atoms with van der Waals surface area (Å²) in [5.41, 5.74) is 3.88. The van der Waals surface area contributed by atoms with Crippen LogP contribution in [0, 0.1) is 0 Å². The molecule has 13 heteroatoms. The Balaban J connectivity index is 0.000000283. The van der Waals surface area contributed by atoms with E-state index in [0.717, 1.165) is 12.1 Å². The molecule has 2 rings (SSSR count). The van der Waals surface area contributed by atoms with E-state index in [1.807, 2.05) is 5.32 Å². The summed E-state index contributed by atoms with van der Waals surface area (Å²) >= 11 is 22.2. The van der Waals surface area contributed by atoms with Crippen LogP contribution in [-0.2, 0) is 4.79 Å². The molecule has 150 valence electrons. The minimum Gasteiger partial charge on any atom is -0.504 e. The molecular formula is C15H10Cl4N2O7. The van der Waals surface area contributed by atoms with Crippen LogP contribution in [-0.4, -0.2) is 38.8 Å². The molecule has 0 aromatic heterocycles. The van der Waals surface area contributed by atoms with Gasteiger partial charge in [-0.05, 0) is 12.1 Å². The van der Waals surface area contributed by atoms with Crippen molar-refractivity contribution in [2.45, 2.75) is 0 Å². The lowest BCUT2D eigenvalue weighted by Crippen LogP contribution is -2.06. The molecule has 0 atom stereocenters. The normalized spacial score (nSPS) is 9.86. The zero-order chi connectivity index (χ0) is 21.8. The van der Waals surface area contributed by atoms with Gasteiger partial charge < -0.3 is 31.5 Å². The molecule has 0 saturated carbocycles. The van der Waals surface area contributed by atoms with Gasteiger partial charge in [0.05, 0.1) is 25.8 Å². The molecule has 7 N–H and O–H groups in total. The largest absolute Gasteiger partial charge is 0.504 e. The lowest BCUT2D eigenvalue weighted by molar-refractivity contribution is -0.105. The lowest BCUT2D eigenvalue weighted by atomic mass is 10.1. The van der Waals surface area contributed by atoms with Gasteiger partial charge in [-0.3, -0.25) is 4.79 Å². The minimum atomic E-state index is -1.38. The molecule has 0 fully saturated rings. The topological polar surface area (TPSA) is 170 Å². The Hall–Kier alpha value is -2.59. The number of nitrogen functional groups attached to an aromatic ring is 1. The van der Waals surface area contributed by atoms with E-state index in [4.69, 9.17) is 62.4 Å². The molecule has 0 bridgehead atoms. The lowest BCUT2D eigenvalue weighted by Gasteiger charge is -2.09. The molecule has 0 unspecified atom stereocenters. The van der Waals surface area contributed by atoms with Crippen molar-refractivity contribution >= 4 is 76.1 Å². The Morgan fingerprint density at radius 3 is 1.71 bits per heavy atom. The zero-order valence-corrected chi connectivity index (χ0v) is 16.4. The van der Waals surface area contributed by atoms with Gasteiger partial charge in [-0.2, -0.15) is 0 Å². The number of hydrogen-bond acceptors (Lipinski definition) is 6. The highest BCUT2D eigenvalue weighted by Gasteiger charge is 2.21. The number of nitrogens with one attached hydrogen (secondary N) is 1. The first-order valence-corrected chi connectivity index (χ1v) is 8.29. The third-order valence-corrected chi connectivity index (χ3v) is 4.25. The fraction of sp³-hybridized carbons (Fsp3) is 0. The average molecular weight is 472 g/mol. The van der Waals surface area contributed by atoms with Gasteiger partial charge in [-0.15, -0.1) is 0 Å². The third kappa shape index (κ3) is 5.02. The van der Waals surface area contributed by atoms with E-state index in [1.165, 1.54) is 0 Å². The van der Waals surface area contributed by atoms with Crippen molar-refractivity contribution < 1.29 is 34.8 Å². The van der Waals surface area contributed by atoms with Crippen LogP contribution in [0.25, 0.3) is 0 Å². The van der Waals surface area contributed by atoms with Crippen molar-refractivity contribution in [1.29, 1.82) is 0 Å². The Labute approximate surface area is 176 Å². The molecule has 0 heterocycles. The Morgan fingerprint density at radius 2 is 1.29 bits per heavy atom. The van der Waals surface area contributed by atoms with E-state index in [2.05, 4.69) is 0 Å². The van der Waals surface area contributed by atoms with Gasteiger partial charge in [0.15, 0.2) is 11.5 Å². The van der Waals surface area contributed by atoms with Crippen LogP contribution in [0.3, 0.4) is 0 Å². The second-order valence-electron chi connectivity index (χ2n) is 4.79. The number of phenols is 2. The number of aromatic carboxylic acids is 2. The molecule has 2 aromatic carbocycles. The average Bonchev–Trinajstić information content (AvgIpc) is 2.57. The Morgan fingerprint density at radius 1 is 0.857 bits per heavy atom. The summed E-state index contributed by atoms with van der Waals surface area (Å²) in [6, 6.07) is 2.20. The van der Waals surface area contributed by atoms with Crippen molar-refractivity contribution in [3.05, 3.63) is 43.4 Å². The summed E-state index contributed by atoms with van der Waals surface area (Å²) in [6.07, 6.45) is 0.216. The van der Waals surface area contributed by atoms with Crippen LogP contribution in [0.2, 0.25) is 20.1 Å². The molecule has 1 amide bonds. The highest BCUT2D eigenvalue weighted by molar-refractivity contribution is 6.39. The number of amides is 1. The van der Waals surface area contributed by atoms with Crippen LogP contribution >= 0.6 is 46.4 Å². The molecule has 0 aliphatic carbocycles. The summed E-state index contributed by atoms with van der Waals surface area (Å²) in [5.74, 6) is -3.69. The molecule has 0 radical (unpaired) electrons. The molecule has 0 spiro atoms. The quantitative estimate of drug-likeness (QED) is 0.221. The maximum atomic E-state index is 10.8. The number of carboxylic acids is 2. The predicted octanol–water partition coefficient (Wildman–Crippen LogP) is 3.94. The summed E-state index contributed by atoms with van der Waals surface area (Å²) in [4.78, 5) is 31.6. The zero-order valence-electron chi connectivity index (χ0n) is 13.3. The number of carbonyl (C=O) groups excluding carboxylic acids is 1. The molecule has 0 aliphatic rings. The molecule has 0 aliphatic heterocycles. The van der Waals surface area contributed by atoms with Crippen molar-refractivity contribution in [3.8, 4) is 11.5 Å². The number of nitrogens with two attached hydrogens (primary N) is 1. The molecule has 0 saturated heterocycles. The second kappa shape index (κ2) is 9.56. The van der Waals surface area contributed by atoms with E-state index < -0.39 is 29.0 Å². The monoisotopic (exact) mass is 470 g/mol. The second-order valence-corrected chi connectivity index (χ2v) is 6.42. The highest BCUT2D eigenvalue weighted by Crippen LogP contribution is 2.39. The maximum Gasteiger partial charge on any atom is 0.339 e. The molecule has 28 heavy (non-hydrogen) atoms. The van der Waals surface area contributed by atoms with Crippen molar-refractivity contribution in [3.63, 3.8) is 0 Å². The summed E-state index contributed by atoms with van der Waals surface area (Å²) in [7, 11) is 0. The van der Waals surface area contributed by atoms with Gasteiger partial charge in [0.2, 0.25) is 6.41 Å². The first-order valence-electron chi connectivity index (χ1n) is 6.78. The van der Waals surface area contributed by atoms with E-state index in [1.54, 1.807) is 0 Å². The number of phenolic OH excluding ortho intramolecular Hbond substituents is 2. The SMILES string of the molecule is Nc1c(O)c(Cl)cc(Cl)c1C(=O)O.O=CNc1c(O)c(Cl)cc(Cl)c1C(=O)O. The summed E-state index contributed by atoms with van der Waals surface area (Å²) in [5, 5.41) is 37.6. The standard InChI is InChI=1S/C8H5Cl2NO4.C7H5Cl2NO3/c9-3-1-4(10)7(13)6(11-2-12)5(3)8(14)15;8-2-1-3(9)6(11)5(10)4(2)7(12)13/h1-2,13H,(H,11,12)(H,14,15);1,11H,10H2,(H,12,13). The van der Waals surface area contributed by atoms with Crippen LogP contribution in [0.5, 0.6) is 11.5 Å². The van der Waals surface area contributed by atoms with Gasteiger partial charge in [0.1, 0.15) is 16.8 Å². The Bertz CT molecular complexity index is 966.